The summed E-state index contributed by atoms with van der Waals surface area (Å²) in [7, 11) is 0. The van der Waals surface area contributed by atoms with Gasteiger partial charge in [-0.25, -0.2) is 5.48 Å². The van der Waals surface area contributed by atoms with Gasteiger partial charge in [-0.05, 0) is 36.1 Å². The third-order valence-corrected chi connectivity index (χ3v) is 3.69. The Bertz CT molecular complexity index is 730. The molecule has 2 aromatic rings. The van der Waals surface area contributed by atoms with Crippen LogP contribution in [0.2, 0.25) is 0 Å². The third-order valence-electron chi connectivity index (χ3n) is 3.69. The first-order valence-electron chi connectivity index (χ1n) is 7.59. The predicted octanol–water partition coefficient (Wildman–Crippen LogP) is 2.99. The van der Waals surface area contributed by atoms with Crippen LogP contribution in [0.1, 0.15) is 66.3 Å². The second-order valence-electron chi connectivity index (χ2n) is 6.77. The van der Waals surface area contributed by atoms with E-state index in [2.05, 4.69) is 15.5 Å². The molecule has 0 radical (unpaired) electrons. The molecule has 1 aromatic heterocycles. The average molecular weight is 346 g/mol. The first kappa shape index (κ1) is 20.4. The molecule has 0 bridgehead atoms. The Morgan fingerprint density at radius 2 is 1.76 bits per heavy atom. The molecule has 0 spiro atoms. The zero-order valence-corrected chi connectivity index (χ0v) is 14.2. The van der Waals surface area contributed by atoms with E-state index in [0.29, 0.717) is 11.3 Å². The van der Waals surface area contributed by atoms with E-state index >= 15 is 0 Å². The number of hydrogen-bond acceptors (Lipinski definition) is 4. The molecule has 0 aliphatic rings. The Labute approximate surface area is 147 Å². The standard InChI is InChI=1S/C17H22N4O3.CH4/c1-10-9-13(20-19-10)16(23)18-14(17(2,3)4)11-5-7-12(8-6-11)15(22)21-24;/h5-9,14,24H,1-4H3,(H,18,23)(H,19,20)(H,21,22);1H4. The molecule has 1 atom stereocenters. The number of aromatic amines is 1. The number of carbonyl (C=O) groups is 2. The number of aryl methyl sites for hydroxylation is 1. The zero-order chi connectivity index (χ0) is 17.9. The fourth-order valence-corrected chi connectivity index (χ4v) is 2.43. The number of carbonyl (C=O) groups excluding carboxylic acids is 2. The second kappa shape index (κ2) is 7.94. The number of rotatable bonds is 4. The average Bonchev–Trinajstić information content (AvgIpc) is 2.97. The Kier molecular flexibility index (Phi) is 6.47. The molecule has 1 aromatic carbocycles. The number of benzene rings is 1. The lowest BCUT2D eigenvalue weighted by atomic mass is 9.82. The lowest BCUT2D eigenvalue weighted by molar-refractivity contribution is 0.0706. The lowest BCUT2D eigenvalue weighted by Gasteiger charge is -2.31. The quantitative estimate of drug-likeness (QED) is 0.504. The summed E-state index contributed by atoms with van der Waals surface area (Å²) in [6.45, 7) is 7.88. The van der Waals surface area contributed by atoms with Gasteiger partial charge in [0, 0.05) is 11.3 Å². The first-order chi connectivity index (χ1) is 11.2. The third kappa shape index (κ3) is 4.90. The van der Waals surface area contributed by atoms with Crippen LogP contribution >= 0.6 is 0 Å². The van der Waals surface area contributed by atoms with Gasteiger partial charge in [-0.15, -0.1) is 0 Å². The molecule has 1 unspecified atom stereocenters. The zero-order valence-electron chi connectivity index (χ0n) is 14.2. The molecular weight excluding hydrogens is 320 g/mol. The largest absolute Gasteiger partial charge is 0.343 e. The molecule has 1 heterocycles. The number of aromatic nitrogens is 2. The van der Waals surface area contributed by atoms with Gasteiger partial charge in [0.05, 0.1) is 6.04 Å². The molecule has 0 fully saturated rings. The molecule has 7 heteroatoms. The number of hydrogen-bond donors (Lipinski definition) is 4. The summed E-state index contributed by atoms with van der Waals surface area (Å²) in [4.78, 5) is 23.8. The maximum absolute atomic E-state index is 12.4. The van der Waals surface area contributed by atoms with Crippen LogP contribution < -0.4 is 10.8 Å². The van der Waals surface area contributed by atoms with Gasteiger partial charge >= 0.3 is 0 Å². The van der Waals surface area contributed by atoms with Gasteiger partial charge in [0.1, 0.15) is 5.69 Å². The van der Waals surface area contributed by atoms with E-state index in [4.69, 9.17) is 5.21 Å². The lowest BCUT2D eigenvalue weighted by Crippen LogP contribution is -2.36. The SMILES string of the molecule is C.Cc1cc(C(=O)NC(c2ccc(C(=O)NO)cc2)C(C)(C)C)n[nH]1. The molecular formula is C18H26N4O3. The summed E-state index contributed by atoms with van der Waals surface area (Å²) in [5.74, 6) is -0.846. The maximum Gasteiger partial charge on any atom is 0.274 e. The smallest absolute Gasteiger partial charge is 0.274 e. The molecule has 0 saturated carbocycles. The highest BCUT2D eigenvalue weighted by Crippen LogP contribution is 2.33. The fourth-order valence-electron chi connectivity index (χ4n) is 2.43. The monoisotopic (exact) mass is 346 g/mol. The minimum Gasteiger partial charge on any atom is -0.343 e. The van der Waals surface area contributed by atoms with Gasteiger partial charge < -0.3 is 5.32 Å². The Hall–Kier alpha value is -2.67. The second-order valence-corrected chi connectivity index (χ2v) is 6.77. The highest BCUT2D eigenvalue weighted by atomic mass is 16.5. The molecule has 4 N–H and O–H groups in total. The van der Waals surface area contributed by atoms with Gasteiger partial charge in [-0.3, -0.25) is 19.9 Å². The van der Waals surface area contributed by atoms with E-state index in [0.717, 1.165) is 11.3 Å². The molecule has 7 nitrogen and oxygen atoms in total. The van der Waals surface area contributed by atoms with Crippen LogP contribution in [-0.2, 0) is 0 Å². The fraction of sp³-hybridized carbons (Fsp3) is 0.389. The van der Waals surface area contributed by atoms with Crippen molar-refractivity contribution in [1.29, 1.82) is 0 Å². The molecule has 136 valence electrons. The molecule has 0 saturated heterocycles. The summed E-state index contributed by atoms with van der Waals surface area (Å²) in [5.41, 5.74) is 3.69. The number of hydroxylamine groups is 1. The number of H-pyrrole nitrogens is 1. The van der Waals surface area contributed by atoms with Crippen molar-refractivity contribution in [1.82, 2.24) is 21.0 Å². The maximum atomic E-state index is 12.4. The summed E-state index contributed by atoms with van der Waals surface area (Å²) < 4.78 is 0. The van der Waals surface area contributed by atoms with Gasteiger partial charge in [0.2, 0.25) is 0 Å². The Morgan fingerprint density at radius 1 is 1.16 bits per heavy atom. The van der Waals surface area contributed by atoms with Crippen LogP contribution in [-0.4, -0.2) is 27.2 Å². The topological polar surface area (TPSA) is 107 Å². The van der Waals surface area contributed by atoms with Crippen molar-refractivity contribution in [3.05, 3.63) is 52.8 Å². The number of nitrogens with zero attached hydrogens (tertiary/aromatic N) is 1. The van der Waals surface area contributed by atoms with E-state index in [1.54, 1.807) is 35.8 Å². The van der Waals surface area contributed by atoms with Crippen molar-refractivity contribution in [2.24, 2.45) is 5.41 Å². The van der Waals surface area contributed by atoms with Gasteiger partial charge in [-0.2, -0.15) is 5.10 Å². The molecule has 2 rings (SSSR count). The van der Waals surface area contributed by atoms with Crippen molar-refractivity contribution in [2.45, 2.75) is 41.2 Å². The van der Waals surface area contributed by atoms with Crippen LogP contribution in [0.3, 0.4) is 0 Å². The van der Waals surface area contributed by atoms with E-state index in [-0.39, 0.29) is 24.8 Å². The number of amides is 2. The van der Waals surface area contributed by atoms with Gasteiger partial charge in [-0.1, -0.05) is 40.3 Å². The predicted molar refractivity (Wildman–Crippen MR) is 95.4 cm³/mol. The molecule has 2 amide bonds. The van der Waals surface area contributed by atoms with Crippen LogP contribution in [0.5, 0.6) is 0 Å². The first-order valence-corrected chi connectivity index (χ1v) is 7.59. The van der Waals surface area contributed by atoms with Crippen molar-refractivity contribution >= 4 is 11.8 Å². The Morgan fingerprint density at radius 3 is 2.20 bits per heavy atom. The Balaban J connectivity index is 0.00000312. The summed E-state index contributed by atoms with van der Waals surface area (Å²) in [6, 6.07) is 8.14. The van der Waals surface area contributed by atoms with E-state index in [1.165, 1.54) is 0 Å². The molecule has 0 aliphatic heterocycles. The van der Waals surface area contributed by atoms with Crippen LogP contribution in [0.25, 0.3) is 0 Å². The van der Waals surface area contributed by atoms with Crippen LogP contribution in [0.4, 0.5) is 0 Å². The van der Waals surface area contributed by atoms with E-state index in [1.807, 2.05) is 27.7 Å². The van der Waals surface area contributed by atoms with E-state index in [9.17, 15) is 9.59 Å². The van der Waals surface area contributed by atoms with Crippen molar-refractivity contribution in [2.75, 3.05) is 0 Å². The summed E-state index contributed by atoms with van der Waals surface area (Å²) in [6.07, 6.45) is 0. The summed E-state index contributed by atoms with van der Waals surface area (Å²) in [5, 5.41) is 18.4. The van der Waals surface area contributed by atoms with Crippen LogP contribution in [0.15, 0.2) is 30.3 Å². The normalized spacial score (nSPS) is 12.0. The van der Waals surface area contributed by atoms with Crippen LogP contribution in [0, 0.1) is 12.3 Å². The highest BCUT2D eigenvalue weighted by Gasteiger charge is 2.29. The van der Waals surface area contributed by atoms with Crippen molar-refractivity contribution in [3.63, 3.8) is 0 Å². The highest BCUT2D eigenvalue weighted by molar-refractivity contribution is 5.93. The minimum absolute atomic E-state index is 0. The van der Waals surface area contributed by atoms with Gasteiger partial charge in [0.25, 0.3) is 11.8 Å². The minimum atomic E-state index is -0.579. The molecule has 0 aliphatic carbocycles. The van der Waals surface area contributed by atoms with Crippen molar-refractivity contribution in [3.8, 4) is 0 Å². The van der Waals surface area contributed by atoms with Crippen molar-refractivity contribution < 1.29 is 14.8 Å². The van der Waals surface area contributed by atoms with Gasteiger partial charge in [0.15, 0.2) is 0 Å². The molecule has 25 heavy (non-hydrogen) atoms. The van der Waals surface area contributed by atoms with E-state index < -0.39 is 5.91 Å². The summed E-state index contributed by atoms with van der Waals surface area (Å²) >= 11 is 0. The number of nitrogens with one attached hydrogen (secondary N) is 3.